The van der Waals surface area contributed by atoms with Crippen molar-refractivity contribution in [2.75, 3.05) is 0 Å². The molecule has 3 rings (SSSR count). The van der Waals surface area contributed by atoms with Gasteiger partial charge in [-0.3, -0.25) is 9.36 Å². The van der Waals surface area contributed by atoms with Gasteiger partial charge in [0.1, 0.15) is 4.83 Å². The van der Waals surface area contributed by atoms with E-state index in [0.717, 1.165) is 21.5 Å². The third-order valence-electron chi connectivity index (χ3n) is 3.36. The minimum absolute atomic E-state index is 0.000162. The molecule has 2 aromatic heterocycles. The van der Waals surface area contributed by atoms with Gasteiger partial charge in [-0.25, -0.2) is 4.98 Å². The molecule has 0 unspecified atom stereocenters. The summed E-state index contributed by atoms with van der Waals surface area (Å²) in [7, 11) is 0. The van der Waals surface area contributed by atoms with E-state index in [1.54, 1.807) is 10.9 Å². The molecule has 0 fully saturated rings. The van der Waals surface area contributed by atoms with E-state index in [9.17, 15) is 4.79 Å². The smallest absolute Gasteiger partial charge is 0.263 e. The molecule has 0 aliphatic rings. The molecule has 0 aliphatic carbocycles. The van der Waals surface area contributed by atoms with E-state index in [-0.39, 0.29) is 5.56 Å². The molecule has 106 valence electrons. The molecule has 0 radical (unpaired) electrons. The number of allylic oxidation sites excluding steroid dienone is 1. The largest absolute Gasteiger partial charge is 0.295 e. The number of thiophene rings is 1. The first-order valence-electron chi connectivity index (χ1n) is 6.74. The Bertz CT molecular complexity index is 872. The van der Waals surface area contributed by atoms with Gasteiger partial charge in [-0.15, -0.1) is 11.3 Å². The van der Waals surface area contributed by atoms with Gasteiger partial charge in [0.2, 0.25) is 0 Å². The summed E-state index contributed by atoms with van der Waals surface area (Å²) < 4.78 is 1.62. The van der Waals surface area contributed by atoms with E-state index < -0.39 is 0 Å². The van der Waals surface area contributed by atoms with Crippen LogP contribution in [0.15, 0.2) is 52.9 Å². The summed E-state index contributed by atoms with van der Waals surface area (Å²) in [5, 5.41) is 2.71. The summed E-state index contributed by atoms with van der Waals surface area (Å²) in [5.74, 6) is 0. The summed E-state index contributed by atoms with van der Waals surface area (Å²) in [6, 6.07) is 8.21. The lowest BCUT2D eigenvalue weighted by atomic mass is 10.1. The Kier molecular flexibility index (Phi) is 3.47. The lowest BCUT2D eigenvalue weighted by Gasteiger charge is -2.05. The standard InChI is InChI=1S/C17H16N2OS/c1-11(2)8-19-10-18-16-15(17(19)20)14(9-21-16)13-6-4-12(3)5-7-13/h4-7,9-10H,1,8H2,2-3H3. The lowest BCUT2D eigenvalue weighted by Crippen LogP contribution is -2.20. The number of rotatable bonds is 3. The maximum atomic E-state index is 12.7. The van der Waals surface area contributed by atoms with Crippen molar-refractivity contribution in [2.24, 2.45) is 0 Å². The highest BCUT2D eigenvalue weighted by Gasteiger charge is 2.13. The second-order valence-electron chi connectivity index (χ2n) is 5.33. The van der Waals surface area contributed by atoms with Gasteiger partial charge in [0.05, 0.1) is 11.7 Å². The SMILES string of the molecule is C=C(C)Cn1cnc2scc(-c3ccc(C)cc3)c2c1=O. The maximum Gasteiger partial charge on any atom is 0.263 e. The third kappa shape index (κ3) is 2.54. The van der Waals surface area contributed by atoms with E-state index in [2.05, 4.69) is 30.6 Å². The van der Waals surface area contributed by atoms with E-state index >= 15 is 0 Å². The maximum absolute atomic E-state index is 12.7. The van der Waals surface area contributed by atoms with Crippen molar-refractivity contribution in [3.05, 3.63) is 64.0 Å². The highest BCUT2D eigenvalue weighted by Crippen LogP contribution is 2.30. The Hall–Kier alpha value is -2.20. The van der Waals surface area contributed by atoms with Crippen LogP contribution < -0.4 is 5.56 Å². The minimum atomic E-state index is -0.000162. The molecule has 0 bridgehead atoms. The summed E-state index contributed by atoms with van der Waals surface area (Å²) in [4.78, 5) is 17.9. The zero-order valence-corrected chi connectivity index (χ0v) is 12.9. The van der Waals surface area contributed by atoms with Crippen LogP contribution in [0.3, 0.4) is 0 Å². The van der Waals surface area contributed by atoms with Crippen molar-refractivity contribution >= 4 is 21.6 Å². The van der Waals surface area contributed by atoms with Crippen LogP contribution in [0.4, 0.5) is 0 Å². The summed E-state index contributed by atoms with van der Waals surface area (Å²) in [5.41, 5.74) is 4.16. The van der Waals surface area contributed by atoms with Crippen molar-refractivity contribution in [1.29, 1.82) is 0 Å². The molecular weight excluding hydrogens is 280 g/mol. The fourth-order valence-corrected chi connectivity index (χ4v) is 3.22. The van der Waals surface area contributed by atoms with E-state index in [0.29, 0.717) is 11.9 Å². The first-order valence-corrected chi connectivity index (χ1v) is 7.62. The molecule has 0 saturated carbocycles. The molecule has 1 aromatic carbocycles. The van der Waals surface area contributed by atoms with Crippen molar-refractivity contribution in [2.45, 2.75) is 20.4 Å². The summed E-state index contributed by atoms with van der Waals surface area (Å²) >= 11 is 1.51. The van der Waals surface area contributed by atoms with Gasteiger partial charge in [0, 0.05) is 17.5 Å². The number of hydrogen-bond donors (Lipinski definition) is 0. The second kappa shape index (κ2) is 5.30. The molecule has 0 N–H and O–H groups in total. The number of nitrogens with zero attached hydrogens (tertiary/aromatic N) is 2. The molecule has 0 spiro atoms. The Morgan fingerprint density at radius 3 is 2.71 bits per heavy atom. The lowest BCUT2D eigenvalue weighted by molar-refractivity contribution is 0.739. The fraction of sp³-hybridized carbons (Fsp3) is 0.176. The van der Waals surface area contributed by atoms with Gasteiger partial charge in [-0.05, 0) is 19.4 Å². The quantitative estimate of drug-likeness (QED) is 0.684. The van der Waals surface area contributed by atoms with Crippen LogP contribution in [0.25, 0.3) is 21.3 Å². The van der Waals surface area contributed by atoms with E-state index in [4.69, 9.17) is 0 Å². The Balaban J connectivity index is 2.22. The predicted molar refractivity (Wildman–Crippen MR) is 88.9 cm³/mol. The Morgan fingerprint density at radius 1 is 1.33 bits per heavy atom. The van der Waals surface area contributed by atoms with Gasteiger partial charge in [-0.2, -0.15) is 0 Å². The molecule has 3 nitrogen and oxygen atoms in total. The normalized spacial score (nSPS) is 11.0. The first kappa shape index (κ1) is 13.8. The number of aryl methyl sites for hydroxylation is 1. The van der Waals surface area contributed by atoms with Gasteiger partial charge in [0.15, 0.2) is 0 Å². The number of benzene rings is 1. The van der Waals surface area contributed by atoms with Crippen LogP contribution in [0.1, 0.15) is 12.5 Å². The number of aromatic nitrogens is 2. The van der Waals surface area contributed by atoms with Crippen molar-refractivity contribution in [3.63, 3.8) is 0 Å². The van der Waals surface area contributed by atoms with E-state index in [1.165, 1.54) is 16.9 Å². The average Bonchev–Trinajstić information content (AvgIpc) is 2.87. The molecule has 4 heteroatoms. The Morgan fingerprint density at radius 2 is 2.05 bits per heavy atom. The summed E-state index contributed by atoms with van der Waals surface area (Å²) in [6.45, 7) is 8.33. The van der Waals surface area contributed by atoms with Crippen LogP contribution in [0.5, 0.6) is 0 Å². The molecule has 0 saturated heterocycles. The van der Waals surface area contributed by atoms with Crippen molar-refractivity contribution in [3.8, 4) is 11.1 Å². The second-order valence-corrected chi connectivity index (χ2v) is 6.19. The zero-order chi connectivity index (χ0) is 15.0. The van der Waals surface area contributed by atoms with Crippen LogP contribution in [0, 0.1) is 6.92 Å². The van der Waals surface area contributed by atoms with Crippen LogP contribution in [-0.2, 0) is 6.54 Å². The molecular formula is C17H16N2OS. The highest BCUT2D eigenvalue weighted by molar-refractivity contribution is 7.17. The molecule has 0 aliphatic heterocycles. The van der Waals surface area contributed by atoms with Gasteiger partial charge < -0.3 is 0 Å². The predicted octanol–water partition coefficient (Wildman–Crippen LogP) is 4.01. The highest BCUT2D eigenvalue weighted by atomic mass is 32.1. The van der Waals surface area contributed by atoms with Gasteiger partial charge in [-0.1, -0.05) is 42.0 Å². The van der Waals surface area contributed by atoms with Gasteiger partial charge in [0.25, 0.3) is 5.56 Å². The van der Waals surface area contributed by atoms with Gasteiger partial charge >= 0.3 is 0 Å². The number of fused-ring (bicyclic) bond motifs is 1. The zero-order valence-electron chi connectivity index (χ0n) is 12.1. The van der Waals surface area contributed by atoms with E-state index in [1.807, 2.05) is 24.4 Å². The fourth-order valence-electron chi connectivity index (χ4n) is 2.32. The molecule has 0 amide bonds. The van der Waals surface area contributed by atoms with Crippen molar-refractivity contribution in [1.82, 2.24) is 9.55 Å². The first-order chi connectivity index (χ1) is 10.1. The Labute approximate surface area is 127 Å². The average molecular weight is 296 g/mol. The molecule has 3 aromatic rings. The van der Waals surface area contributed by atoms with Crippen LogP contribution in [0.2, 0.25) is 0 Å². The topological polar surface area (TPSA) is 34.9 Å². The molecule has 21 heavy (non-hydrogen) atoms. The number of hydrogen-bond acceptors (Lipinski definition) is 3. The van der Waals surface area contributed by atoms with Crippen LogP contribution >= 0.6 is 11.3 Å². The molecule has 0 atom stereocenters. The van der Waals surface area contributed by atoms with Crippen LogP contribution in [-0.4, -0.2) is 9.55 Å². The summed E-state index contributed by atoms with van der Waals surface area (Å²) in [6.07, 6.45) is 1.61. The third-order valence-corrected chi connectivity index (χ3v) is 4.25. The minimum Gasteiger partial charge on any atom is -0.295 e. The molecule has 2 heterocycles. The van der Waals surface area contributed by atoms with Crippen molar-refractivity contribution < 1.29 is 0 Å². The monoisotopic (exact) mass is 296 g/mol.